The summed E-state index contributed by atoms with van der Waals surface area (Å²) in [4.78, 5) is 1.26. The largest absolute Gasteiger partial charge is 0.399 e. The van der Waals surface area contributed by atoms with E-state index < -0.39 is 0 Å². The molecule has 0 spiro atoms. The van der Waals surface area contributed by atoms with Crippen LogP contribution in [0.3, 0.4) is 0 Å². The van der Waals surface area contributed by atoms with Gasteiger partial charge in [-0.05, 0) is 36.6 Å². The molecule has 0 aliphatic heterocycles. The molecule has 1 heterocycles. The van der Waals surface area contributed by atoms with Gasteiger partial charge in [0.2, 0.25) is 0 Å². The van der Waals surface area contributed by atoms with Gasteiger partial charge in [0.15, 0.2) is 0 Å². The molecule has 1 aromatic carbocycles. The maximum Gasteiger partial charge on any atom is 0.0809 e. The van der Waals surface area contributed by atoms with Crippen LogP contribution < -0.4 is 5.73 Å². The Morgan fingerprint density at radius 2 is 2.21 bits per heavy atom. The molecule has 0 bridgehead atoms. The second-order valence-electron chi connectivity index (χ2n) is 3.15. The van der Waals surface area contributed by atoms with E-state index >= 15 is 0 Å². The molecule has 2 aromatic rings. The average Bonchev–Trinajstić information content (AvgIpc) is 2.56. The van der Waals surface area contributed by atoms with Gasteiger partial charge in [-0.2, -0.15) is 0 Å². The molecule has 0 saturated heterocycles. The molecular weight excluding hydrogens is 194 g/mol. The van der Waals surface area contributed by atoms with Crippen LogP contribution in [0.15, 0.2) is 24.3 Å². The molecular formula is C11H13NOS. The molecule has 2 N–H and O–H groups in total. The van der Waals surface area contributed by atoms with Crippen molar-refractivity contribution in [1.82, 2.24) is 0 Å². The van der Waals surface area contributed by atoms with Crippen molar-refractivity contribution >= 4 is 27.1 Å². The van der Waals surface area contributed by atoms with Crippen LogP contribution in [0.5, 0.6) is 0 Å². The Balaban J connectivity index is 2.32. The van der Waals surface area contributed by atoms with Gasteiger partial charge in [0.25, 0.3) is 0 Å². The number of thiophene rings is 1. The molecule has 0 atom stereocenters. The van der Waals surface area contributed by atoms with E-state index in [4.69, 9.17) is 10.5 Å². The summed E-state index contributed by atoms with van der Waals surface area (Å²) in [6.45, 7) is 3.47. The summed E-state index contributed by atoms with van der Waals surface area (Å²) in [7, 11) is 0. The van der Waals surface area contributed by atoms with Crippen molar-refractivity contribution in [2.24, 2.45) is 0 Å². The lowest BCUT2D eigenvalue weighted by atomic mass is 10.2. The van der Waals surface area contributed by atoms with Gasteiger partial charge in [-0.25, -0.2) is 0 Å². The molecule has 0 radical (unpaired) electrons. The second-order valence-corrected chi connectivity index (χ2v) is 4.32. The number of fused-ring (bicyclic) bond motifs is 1. The van der Waals surface area contributed by atoms with Crippen molar-refractivity contribution in [2.45, 2.75) is 13.5 Å². The topological polar surface area (TPSA) is 35.2 Å². The number of nitrogen functional groups attached to an aromatic ring is 1. The minimum Gasteiger partial charge on any atom is -0.399 e. The fraction of sp³-hybridized carbons (Fsp3) is 0.273. The first-order valence-corrected chi connectivity index (χ1v) is 5.47. The van der Waals surface area contributed by atoms with Crippen LogP contribution in [-0.2, 0) is 11.3 Å². The van der Waals surface area contributed by atoms with E-state index in [1.807, 2.05) is 19.1 Å². The maximum absolute atomic E-state index is 5.71. The number of nitrogens with two attached hydrogens (primary N) is 1. The fourth-order valence-corrected chi connectivity index (χ4v) is 2.37. The number of benzene rings is 1. The molecule has 0 saturated carbocycles. The Labute approximate surface area is 87.3 Å². The van der Waals surface area contributed by atoms with Crippen LogP contribution in [0.2, 0.25) is 0 Å². The molecule has 3 heteroatoms. The standard InChI is InChI=1S/C11H13NOS/c1-2-13-7-10-6-8-5-9(12)3-4-11(8)14-10/h3-6H,2,7,12H2,1H3. The van der Waals surface area contributed by atoms with Crippen LogP contribution in [0.4, 0.5) is 5.69 Å². The summed E-state index contributed by atoms with van der Waals surface area (Å²) in [5.41, 5.74) is 6.52. The third kappa shape index (κ3) is 1.89. The Bertz CT molecular complexity index is 436. The van der Waals surface area contributed by atoms with E-state index in [1.165, 1.54) is 15.0 Å². The van der Waals surface area contributed by atoms with Gasteiger partial charge >= 0.3 is 0 Å². The van der Waals surface area contributed by atoms with Gasteiger partial charge in [0.05, 0.1) is 6.61 Å². The van der Waals surface area contributed by atoms with Crippen LogP contribution >= 0.6 is 11.3 Å². The van der Waals surface area contributed by atoms with Crippen LogP contribution in [-0.4, -0.2) is 6.61 Å². The van der Waals surface area contributed by atoms with Gasteiger partial charge in [0.1, 0.15) is 0 Å². The van der Waals surface area contributed by atoms with Crippen molar-refractivity contribution in [3.05, 3.63) is 29.1 Å². The van der Waals surface area contributed by atoms with E-state index in [2.05, 4.69) is 12.1 Å². The summed E-state index contributed by atoms with van der Waals surface area (Å²) >= 11 is 1.77. The zero-order chi connectivity index (χ0) is 9.97. The van der Waals surface area contributed by atoms with Gasteiger partial charge in [-0.3, -0.25) is 0 Å². The quantitative estimate of drug-likeness (QED) is 0.785. The van der Waals surface area contributed by atoms with Crippen molar-refractivity contribution in [3.8, 4) is 0 Å². The summed E-state index contributed by atoms with van der Waals surface area (Å²) in [6.07, 6.45) is 0. The predicted molar refractivity (Wildman–Crippen MR) is 61.6 cm³/mol. The van der Waals surface area contributed by atoms with E-state index in [-0.39, 0.29) is 0 Å². The van der Waals surface area contributed by atoms with Gasteiger partial charge in [0, 0.05) is 21.9 Å². The monoisotopic (exact) mass is 207 g/mol. The predicted octanol–water partition coefficient (Wildman–Crippen LogP) is 3.02. The highest BCUT2D eigenvalue weighted by Gasteiger charge is 2.01. The van der Waals surface area contributed by atoms with E-state index in [1.54, 1.807) is 11.3 Å². The molecule has 14 heavy (non-hydrogen) atoms. The van der Waals surface area contributed by atoms with Crippen molar-refractivity contribution in [1.29, 1.82) is 0 Å². The molecule has 1 aromatic heterocycles. The molecule has 2 nitrogen and oxygen atoms in total. The normalized spacial score (nSPS) is 10.9. The van der Waals surface area contributed by atoms with Crippen LogP contribution in [0.1, 0.15) is 11.8 Å². The zero-order valence-electron chi connectivity index (χ0n) is 8.12. The first-order chi connectivity index (χ1) is 6.79. The lowest BCUT2D eigenvalue weighted by Crippen LogP contribution is -1.87. The number of anilines is 1. The Kier molecular flexibility index (Phi) is 2.70. The number of ether oxygens (including phenoxy) is 1. The van der Waals surface area contributed by atoms with Crippen molar-refractivity contribution in [3.63, 3.8) is 0 Å². The maximum atomic E-state index is 5.71. The minimum atomic E-state index is 0.704. The van der Waals surface area contributed by atoms with E-state index in [0.29, 0.717) is 6.61 Å². The summed E-state index contributed by atoms with van der Waals surface area (Å²) in [5.74, 6) is 0. The molecule has 0 aliphatic carbocycles. The third-order valence-electron chi connectivity index (χ3n) is 2.04. The SMILES string of the molecule is CCOCc1cc2cc(N)ccc2s1. The summed E-state index contributed by atoms with van der Waals surface area (Å²) in [5, 5.41) is 1.21. The molecule has 0 aliphatic rings. The highest BCUT2D eigenvalue weighted by molar-refractivity contribution is 7.19. The average molecular weight is 207 g/mol. The van der Waals surface area contributed by atoms with E-state index in [0.717, 1.165) is 12.3 Å². The summed E-state index contributed by atoms with van der Waals surface area (Å²) in [6, 6.07) is 8.14. The highest BCUT2D eigenvalue weighted by atomic mass is 32.1. The first kappa shape index (κ1) is 9.49. The van der Waals surface area contributed by atoms with Crippen LogP contribution in [0, 0.1) is 0 Å². The number of hydrogen-bond donors (Lipinski definition) is 1. The Morgan fingerprint density at radius 3 is 3.00 bits per heavy atom. The Hall–Kier alpha value is -1.06. The molecule has 2 rings (SSSR count). The van der Waals surface area contributed by atoms with Gasteiger partial charge in [-0.15, -0.1) is 11.3 Å². The smallest absolute Gasteiger partial charge is 0.0809 e. The first-order valence-electron chi connectivity index (χ1n) is 4.65. The number of rotatable bonds is 3. The van der Waals surface area contributed by atoms with Gasteiger partial charge < -0.3 is 10.5 Å². The zero-order valence-corrected chi connectivity index (χ0v) is 8.93. The Morgan fingerprint density at radius 1 is 1.36 bits per heavy atom. The van der Waals surface area contributed by atoms with E-state index in [9.17, 15) is 0 Å². The van der Waals surface area contributed by atoms with Crippen LogP contribution in [0.25, 0.3) is 10.1 Å². The molecule has 0 unspecified atom stereocenters. The second kappa shape index (κ2) is 3.98. The fourth-order valence-electron chi connectivity index (χ4n) is 1.39. The van der Waals surface area contributed by atoms with Gasteiger partial charge in [-0.1, -0.05) is 0 Å². The highest BCUT2D eigenvalue weighted by Crippen LogP contribution is 2.27. The number of hydrogen-bond acceptors (Lipinski definition) is 3. The minimum absolute atomic E-state index is 0.704. The molecule has 0 amide bonds. The van der Waals surface area contributed by atoms with Crippen molar-refractivity contribution < 1.29 is 4.74 Å². The molecule has 0 fully saturated rings. The molecule has 74 valence electrons. The third-order valence-corrected chi connectivity index (χ3v) is 3.13. The summed E-state index contributed by atoms with van der Waals surface area (Å²) < 4.78 is 6.63. The van der Waals surface area contributed by atoms with Crippen molar-refractivity contribution in [2.75, 3.05) is 12.3 Å². The lowest BCUT2D eigenvalue weighted by Gasteiger charge is -1.94. The lowest BCUT2D eigenvalue weighted by molar-refractivity contribution is 0.136.